The zero-order valence-electron chi connectivity index (χ0n) is 10.1. The monoisotopic (exact) mass is 240 g/mol. The standard InChI is InChI=1S/C12H20N2O3/c15-9-10-3-5-13(6-4-10)7-8-14-11(16)1-2-12(14)17/h10,15H,1-9H2. The first-order chi connectivity index (χ1) is 8.20. The van der Waals surface area contributed by atoms with E-state index in [1.807, 2.05) is 0 Å². The lowest BCUT2D eigenvalue weighted by atomic mass is 9.98. The van der Waals surface area contributed by atoms with Crippen molar-refractivity contribution in [3.05, 3.63) is 0 Å². The van der Waals surface area contributed by atoms with E-state index >= 15 is 0 Å². The number of aliphatic hydroxyl groups is 1. The van der Waals surface area contributed by atoms with E-state index in [0.29, 0.717) is 25.3 Å². The fraction of sp³-hybridized carbons (Fsp3) is 0.833. The van der Waals surface area contributed by atoms with Gasteiger partial charge in [0.1, 0.15) is 0 Å². The first-order valence-corrected chi connectivity index (χ1v) is 6.37. The van der Waals surface area contributed by atoms with Crippen molar-refractivity contribution in [2.75, 3.05) is 32.8 Å². The Morgan fingerprint density at radius 3 is 2.18 bits per heavy atom. The fourth-order valence-corrected chi connectivity index (χ4v) is 2.51. The molecule has 0 radical (unpaired) electrons. The van der Waals surface area contributed by atoms with Gasteiger partial charge >= 0.3 is 0 Å². The van der Waals surface area contributed by atoms with Gasteiger partial charge in [0.05, 0.1) is 0 Å². The van der Waals surface area contributed by atoms with Crippen LogP contribution in [-0.2, 0) is 9.59 Å². The average molecular weight is 240 g/mol. The number of likely N-dealkylation sites (tertiary alicyclic amines) is 2. The topological polar surface area (TPSA) is 60.9 Å². The van der Waals surface area contributed by atoms with E-state index in [9.17, 15) is 9.59 Å². The minimum atomic E-state index is -0.0276. The summed E-state index contributed by atoms with van der Waals surface area (Å²) >= 11 is 0. The van der Waals surface area contributed by atoms with Crippen molar-refractivity contribution in [1.29, 1.82) is 0 Å². The van der Waals surface area contributed by atoms with Crippen LogP contribution in [0.5, 0.6) is 0 Å². The van der Waals surface area contributed by atoms with Gasteiger partial charge in [0.15, 0.2) is 0 Å². The van der Waals surface area contributed by atoms with Crippen LogP contribution in [0.2, 0.25) is 0 Å². The Balaban J connectivity index is 1.72. The zero-order chi connectivity index (χ0) is 12.3. The number of nitrogens with zero attached hydrogens (tertiary/aromatic N) is 2. The van der Waals surface area contributed by atoms with Crippen LogP contribution in [-0.4, -0.2) is 59.5 Å². The third kappa shape index (κ3) is 3.04. The van der Waals surface area contributed by atoms with Crippen LogP contribution in [0.3, 0.4) is 0 Å². The molecule has 2 rings (SSSR count). The highest BCUT2D eigenvalue weighted by atomic mass is 16.3. The summed E-state index contributed by atoms with van der Waals surface area (Å²) < 4.78 is 0. The van der Waals surface area contributed by atoms with Crippen LogP contribution < -0.4 is 0 Å². The number of carbonyl (C=O) groups excluding carboxylic acids is 2. The van der Waals surface area contributed by atoms with Crippen molar-refractivity contribution < 1.29 is 14.7 Å². The Morgan fingerprint density at radius 1 is 1.06 bits per heavy atom. The molecule has 0 atom stereocenters. The van der Waals surface area contributed by atoms with E-state index in [0.717, 1.165) is 32.5 Å². The summed E-state index contributed by atoms with van der Waals surface area (Å²) in [5.74, 6) is 0.377. The lowest BCUT2D eigenvalue weighted by Gasteiger charge is -2.31. The number of hydrogen-bond acceptors (Lipinski definition) is 4. The molecule has 5 nitrogen and oxygen atoms in total. The maximum atomic E-state index is 11.4. The number of hydrogen-bond donors (Lipinski definition) is 1. The maximum absolute atomic E-state index is 11.4. The van der Waals surface area contributed by atoms with Gasteiger partial charge in [-0.1, -0.05) is 0 Å². The molecule has 2 saturated heterocycles. The predicted octanol–water partition coefficient (Wildman–Crippen LogP) is -0.160. The van der Waals surface area contributed by atoms with Crippen LogP contribution in [0.25, 0.3) is 0 Å². The smallest absolute Gasteiger partial charge is 0.229 e. The van der Waals surface area contributed by atoms with Crippen LogP contribution in [0.15, 0.2) is 0 Å². The molecule has 0 aliphatic carbocycles. The Morgan fingerprint density at radius 2 is 1.65 bits per heavy atom. The van der Waals surface area contributed by atoms with Gasteiger partial charge in [0, 0.05) is 32.5 Å². The largest absolute Gasteiger partial charge is 0.396 e. The van der Waals surface area contributed by atoms with Crippen molar-refractivity contribution in [2.24, 2.45) is 5.92 Å². The van der Waals surface area contributed by atoms with Crippen LogP contribution in [0, 0.1) is 5.92 Å². The molecule has 96 valence electrons. The number of amides is 2. The quantitative estimate of drug-likeness (QED) is 0.694. The SMILES string of the molecule is O=C1CCC(=O)N1CCN1CCC(CO)CC1. The molecule has 0 spiro atoms. The molecule has 2 amide bonds. The lowest BCUT2D eigenvalue weighted by molar-refractivity contribution is -0.138. The highest BCUT2D eigenvalue weighted by Gasteiger charge is 2.29. The van der Waals surface area contributed by atoms with Crippen molar-refractivity contribution in [1.82, 2.24) is 9.80 Å². The molecule has 2 aliphatic heterocycles. The second-order valence-corrected chi connectivity index (χ2v) is 4.91. The molecule has 0 aromatic heterocycles. The zero-order valence-corrected chi connectivity index (χ0v) is 10.1. The van der Waals surface area contributed by atoms with Gasteiger partial charge in [0.2, 0.25) is 11.8 Å². The highest BCUT2D eigenvalue weighted by molar-refractivity contribution is 6.01. The van der Waals surface area contributed by atoms with Gasteiger partial charge < -0.3 is 10.0 Å². The van der Waals surface area contributed by atoms with E-state index in [-0.39, 0.29) is 18.4 Å². The average Bonchev–Trinajstić information content (AvgIpc) is 2.67. The molecule has 0 saturated carbocycles. The summed E-state index contributed by atoms with van der Waals surface area (Å²) in [6.45, 7) is 3.50. The second kappa shape index (κ2) is 5.60. The van der Waals surface area contributed by atoms with Crippen molar-refractivity contribution >= 4 is 11.8 Å². The number of imide groups is 1. The minimum absolute atomic E-state index is 0.0276. The van der Waals surface area contributed by atoms with Gasteiger partial charge in [-0.3, -0.25) is 14.5 Å². The van der Waals surface area contributed by atoms with E-state index in [1.54, 1.807) is 0 Å². The Bertz CT molecular complexity index is 282. The first-order valence-electron chi connectivity index (χ1n) is 6.37. The van der Waals surface area contributed by atoms with E-state index < -0.39 is 0 Å². The molecule has 2 heterocycles. The molecule has 17 heavy (non-hydrogen) atoms. The summed E-state index contributed by atoms with van der Waals surface area (Å²) in [6, 6.07) is 0. The molecule has 5 heteroatoms. The van der Waals surface area contributed by atoms with Gasteiger partial charge in [-0.15, -0.1) is 0 Å². The lowest BCUT2D eigenvalue weighted by Crippen LogP contribution is -2.41. The molecule has 2 fully saturated rings. The van der Waals surface area contributed by atoms with Gasteiger partial charge in [-0.25, -0.2) is 0 Å². The maximum Gasteiger partial charge on any atom is 0.229 e. The molecule has 0 unspecified atom stereocenters. The molecule has 0 aromatic rings. The fourth-order valence-electron chi connectivity index (χ4n) is 2.51. The minimum Gasteiger partial charge on any atom is -0.396 e. The Labute approximate surface area is 101 Å². The number of aliphatic hydroxyl groups excluding tert-OH is 1. The first kappa shape index (κ1) is 12.5. The molecule has 1 N–H and O–H groups in total. The van der Waals surface area contributed by atoms with Gasteiger partial charge in [0.25, 0.3) is 0 Å². The summed E-state index contributed by atoms with van der Waals surface area (Å²) in [6.07, 6.45) is 2.79. The van der Waals surface area contributed by atoms with Crippen molar-refractivity contribution in [2.45, 2.75) is 25.7 Å². The van der Waals surface area contributed by atoms with Crippen LogP contribution in [0.4, 0.5) is 0 Å². The number of piperidine rings is 1. The van der Waals surface area contributed by atoms with E-state index in [1.165, 1.54) is 4.90 Å². The Hall–Kier alpha value is -0.940. The van der Waals surface area contributed by atoms with E-state index in [4.69, 9.17) is 5.11 Å². The van der Waals surface area contributed by atoms with Gasteiger partial charge in [-0.2, -0.15) is 0 Å². The summed E-state index contributed by atoms with van der Waals surface area (Å²) in [4.78, 5) is 26.5. The van der Waals surface area contributed by atoms with Crippen molar-refractivity contribution in [3.63, 3.8) is 0 Å². The second-order valence-electron chi connectivity index (χ2n) is 4.91. The number of rotatable bonds is 4. The molecular weight excluding hydrogens is 220 g/mol. The molecule has 0 aromatic carbocycles. The normalized spacial score (nSPS) is 23.7. The summed E-state index contributed by atoms with van der Waals surface area (Å²) in [7, 11) is 0. The Kier molecular flexibility index (Phi) is 4.12. The summed E-state index contributed by atoms with van der Waals surface area (Å²) in [5, 5.41) is 9.03. The number of carbonyl (C=O) groups is 2. The van der Waals surface area contributed by atoms with Gasteiger partial charge in [-0.05, 0) is 31.8 Å². The predicted molar refractivity (Wildman–Crippen MR) is 62.2 cm³/mol. The van der Waals surface area contributed by atoms with Crippen molar-refractivity contribution in [3.8, 4) is 0 Å². The third-order valence-electron chi connectivity index (χ3n) is 3.76. The highest BCUT2D eigenvalue weighted by Crippen LogP contribution is 2.17. The molecular formula is C12H20N2O3. The molecule has 2 aliphatic rings. The van der Waals surface area contributed by atoms with Crippen LogP contribution >= 0.6 is 0 Å². The van der Waals surface area contributed by atoms with Crippen LogP contribution in [0.1, 0.15) is 25.7 Å². The third-order valence-corrected chi connectivity index (χ3v) is 3.76. The molecule has 0 bridgehead atoms. The summed E-state index contributed by atoms with van der Waals surface area (Å²) in [5.41, 5.74) is 0. The van der Waals surface area contributed by atoms with E-state index in [2.05, 4.69) is 4.90 Å².